The number of hydrogen-bond donors (Lipinski definition) is 3. The van der Waals surface area contributed by atoms with Crippen molar-refractivity contribution in [2.45, 2.75) is 57.7 Å². The highest BCUT2D eigenvalue weighted by atomic mass is 35.5. The number of hydrogen-bond acceptors (Lipinski definition) is 7. The molecule has 3 N–H and O–H groups in total. The van der Waals surface area contributed by atoms with Crippen molar-refractivity contribution in [1.82, 2.24) is 29.8 Å². The minimum atomic E-state index is -0.483. The quantitative estimate of drug-likeness (QED) is 0.199. The van der Waals surface area contributed by atoms with Crippen molar-refractivity contribution in [3.63, 3.8) is 0 Å². The number of pyridine rings is 1. The average molecular weight is 580 g/mol. The predicted molar refractivity (Wildman–Crippen MR) is 158 cm³/mol. The molecule has 0 bridgehead atoms. The molecule has 0 radical (unpaired) electrons. The molecule has 3 heterocycles. The highest BCUT2D eigenvalue weighted by Gasteiger charge is 2.25. The van der Waals surface area contributed by atoms with Gasteiger partial charge in [-0.1, -0.05) is 67.4 Å². The van der Waals surface area contributed by atoms with Gasteiger partial charge in [-0.15, -0.1) is 0 Å². The third-order valence-electron chi connectivity index (χ3n) is 7.04. The van der Waals surface area contributed by atoms with Crippen molar-refractivity contribution in [2.75, 3.05) is 10.6 Å². The zero-order valence-corrected chi connectivity index (χ0v) is 23.6. The van der Waals surface area contributed by atoms with Crippen LogP contribution in [0.3, 0.4) is 0 Å². The fourth-order valence-corrected chi connectivity index (χ4v) is 5.40. The van der Waals surface area contributed by atoms with E-state index in [1.807, 2.05) is 36.5 Å². The van der Waals surface area contributed by atoms with E-state index < -0.39 is 6.04 Å². The molecule has 1 saturated carbocycles. The molecule has 1 fully saturated rings. The molecule has 0 spiro atoms. The highest BCUT2D eigenvalue weighted by Crippen LogP contribution is 2.29. The summed E-state index contributed by atoms with van der Waals surface area (Å²) in [5, 5.41) is 10.8. The number of benzene rings is 1. The normalized spacial score (nSPS) is 14.4. The zero-order valence-electron chi connectivity index (χ0n) is 22.1. The summed E-state index contributed by atoms with van der Waals surface area (Å²) in [5.74, 6) is 1.95. The van der Waals surface area contributed by atoms with Crippen LogP contribution in [0.15, 0.2) is 67.4 Å². The van der Waals surface area contributed by atoms with Gasteiger partial charge in [0.1, 0.15) is 24.0 Å². The van der Waals surface area contributed by atoms with Gasteiger partial charge in [-0.05, 0) is 42.2 Å². The van der Waals surface area contributed by atoms with E-state index in [2.05, 4.69) is 30.9 Å². The number of nitrogens with zero attached hydrogens (tertiary/aromatic N) is 5. The van der Waals surface area contributed by atoms with Crippen molar-refractivity contribution in [1.29, 1.82) is 0 Å². The summed E-state index contributed by atoms with van der Waals surface area (Å²) >= 11 is 12.4. The van der Waals surface area contributed by atoms with Gasteiger partial charge >= 0.3 is 0 Å². The lowest BCUT2D eigenvalue weighted by Gasteiger charge is -2.27. The Hall–Kier alpha value is -3.69. The van der Waals surface area contributed by atoms with Crippen molar-refractivity contribution in [2.24, 2.45) is 5.92 Å². The average Bonchev–Trinajstić information content (AvgIpc) is 3.52. The molecule has 9 nitrogen and oxygen atoms in total. The Morgan fingerprint density at radius 2 is 1.90 bits per heavy atom. The van der Waals surface area contributed by atoms with Crippen LogP contribution < -0.4 is 16.0 Å². The summed E-state index contributed by atoms with van der Waals surface area (Å²) < 4.78 is 1.80. The van der Waals surface area contributed by atoms with Crippen LogP contribution in [0.25, 0.3) is 5.82 Å². The summed E-state index contributed by atoms with van der Waals surface area (Å²) in [7, 11) is 0. The van der Waals surface area contributed by atoms with Crippen LogP contribution >= 0.6 is 23.2 Å². The molecule has 0 aliphatic heterocycles. The lowest BCUT2D eigenvalue weighted by atomic mass is 9.84. The van der Waals surface area contributed by atoms with Gasteiger partial charge < -0.3 is 16.0 Å². The molecule has 1 aromatic carbocycles. The van der Waals surface area contributed by atoms with E-state index in [0.717, 1.165) is 24.1 Å². The maximum absolute atomic E-state index is 13.6. The van der Waals surface area contributed by atoms with Crippen LogP contribution in [-0.2, 0) is 17.9 Å². The smallest absolute Gasteiger partial charge is 0.242 e. The topological polar surface area (TPSA) is 110 Å². The van der Waals surface area contributed by atoms with Gasteiger partial charge in [0.2, 0.25) is 11.9 Å². The molecule has 1 amide bonds. The Morgan fingerprint density at radius 3 is 2.65 bits per heavy atom. The van der Waals surface area contributed by atoms with Crippen LogP contribution in [-0.4, -0.2) is 36.5 Å². The fraction of sp³-hybridized carbons (Fsp3) is 0.345. The molecule has 4 aromatic rings. The SMILES string of the molecule is O=C(NCc1ccc(Cl)cc1Cl)[C@@H](CC1CCCCC1)Nc1cc(-n2ccnc2)nc(NCc2ccccn2)n1. The minimum Gasteiger partial charge on any atom is -0.358 e. The van der Waals surface area contributed by atoms with Gasteiger partial charge in [0.05, 0.1) is 12.2 Å². The Morgan fingerprint density at radius 1 is 1.02 bits per heavy atom. The molecular formula is C29H32Cl2N8O. The van der Waals surface area contributed by atoms with Gasteiger partial charge in [-0.2, -0.15) is 9.97 Å². The number of rotatable bonds is 11. The van der Waals surface area contributed by atoms with Crippen LogP contribution in [0.5, 0.6) is 0 Å². The van der Waals surface area contributed by atoms with E-state index in [1.165, 1.54) is 19.3 Å². The first kappa shape index (κ1) is 27.9. The number of nitrogens with one attached hydrogen (secondary N) is 3. The van der Waals surface area contributed by atoms with E-state index in [4.69, 9.17) is 28.2 Å². The zero-order chi connectivity index (χ0) is 27.7. The molecule has 0 unspecified atom stereocenters. The van der Waals surface area contributed by atoms with E-state index in [0.29, 0.717) is 53.1 Å². The number of carbonyl (C=O) groups is 1. The maximum Gasteiger partial charge on any atom is 0.242 e. The number of imidazole rings is 1. The molecule has 208 valence electrons. The molecule has 0 saturated heterocycles. The number of halogens is 2. The summed E-state index contributed by atoms with van der Waals surface area (Å²) in [6.07, 6.45) is 13.5. The summed E-state index contributed by atoms with van der Waals surface area (Å²) in [4.78, 5) is 31.4. The molecule has 40 heavy (non-hydrogen) atoms. The fourth-order valence-electron chi connectivity index (χ4n) is 4.92. The van der Waals surface area contributed by atoms with Gasteiger partial charge in [-0.3, -0.25) is 14.3 Å². The summed E-state index contributed by atoms with van der Waals surface area (Å²) in [6, 6.07) is 12.4. The van der Waals surface area contributed by atoms with E-state index in [1.54, 1.807) is 35.4 Å². The van der Waals surface area contributed by atoms with Gasteiger partial charge in [0.15, 0.2) is 0 Å². The van der Waals surface area contributed by atoms with E-state index in [9.17, 15) is 4.79 Å². The van der Waals surface area contributed by atoms with Crippen LogP contribution in [0.4, 0.5) is 11.8 Å². The number of carbonyl (C=O) groups excluding carboxylic acids is 1. The minimum absolute atomic E-state index is 0.109. The molecule has 11 heteroatoms. The van der Waals surface area contributed by atoms with Gasteiger partial charge in [0.25, 0.3) is 0 Å². The second kappa shape index (κ2) is 13.6. The lowest BCUT2D eigenvalue weighted by Crippen LogP contribution is -2.41. The molecular weight excluding hydrogens is 547 g/mol. The first-order chi connectivity index (χ1) is 19.5. The highest BCUT2D eigenvalue weighted by molar-refractivity contribution is 6.35. The van der Waals surface area contributed by atoms with E-state index in [-0.39, 0.29) is 5.91 Å². The lowest BCUT2D eigenvalue weighted by molar-refractivity contribution is -0.122. The summed E-state index contributed by atoms with van der Waals surface area (Å²) in [6.45, 7) is 0.764. The first-order valence-corrected chi connectivity index (χ1v) is 14.3. The first-order valence-electron chi connectivity index (χ1n) is 13.5. The number of amides is 1. The standard InChI is InChI=1S/C29H32Cl2N8O/c30-22-10-9-21(24(31)15-22)17-34-28(40)25(14-20-6-2-1-3-7-20)36-26-16-27(39-13-12-32-19-39)38-29(37-26)35-18-23-8-4-5-11-33-23/h4-5,8-13,15-16,19-20,25H,1-3,6-7,14,17-18H2,(H,34,40)(H2,35,36,37,38)/t25-/m1/s1. The predicted octanol–water partition coefficient (Wildman–Crippen LogP) is 6.04. The van der Waals surface area contributed by atoms with Crippen molar-refractivity contribution in [3.05, 3.63) is 88.7 Å². The monoisotopic (exact) mass is 578 g/mol. The van der Waals surface area contributed by atoms with Crippen LogP contribution in [0.1, 0.15) is 49.8 Å². The molecule has 1 aliphatic carbocycles. The Balaban J connectivity index is 1.36. The van der Waals surface area contributed by atoms with Crippen molar-refractivity contribution >= 4 is 40.9 Å². The van der Waals surface area contributed by atoms with Crippen LogP contribution in [0.2, 0.25) is 10.0 Å². The number of anilines is 2. The molecule has 3 aromatic heterocycles. The van der Waals surface area contributed by atoms with E-state index >= 15 is 0 Å². The largest absolute Gasteiger partial charge is 0.358 e. The van der Waals surface area contributed by atoms with Crippen molar-refractivity contribution in [3.8, 4) is 5.82 Å². The Labute approximate surface area is 243 Å². The second-order valence-electron chi connectivity index (χ2n) is 9.97. The third kappa shape index (κ3) is 7.70. The van der Waals surface area contributed by atoms with Gasteiger partial charge in [0, 0.05) is 41.2 Å². The Bertz CT molecular complexity index is 1390. The van der Waals surface area contributed by atoms with Crippen molar-refractivity contribution < 1.29 is 4.79 Å². The molecule has 5 rings (SSSR count). The molecule has 1 aliphatic rings. The van der Waals surface area contributed by atoms with Crippen LogP contribution in [0, 0.1) is 5.92 Å². The number of aromatic nitrogens is 5. The third-order valence-corrected chi connectivity index (χ3v) is 7.62. The molecule has 1 atom stereocenters. The Kier molecular flexibility index (Phi) is 9.46. The summed E-state index contributed by atoms with van der Waals surface area (Å²) in [5.41, 5.74) is 1.67. The van der Waals surface area contributed by atoms with Gasteiger partial charge in [-0.25, -0.2) is 4.98 Å². The second-order valence-corrected chi connectivity index (χ2v) is 10.8. The maximum atomic E-state index is 13.6.